The minimum atomic E-state index is -0.464. The molecule has 0 bridgehead atoms. The minimum Gasteiger partial charge on any atom is -0.336 e. The van der Waals surface area contributed by atoms with Gasteiger partial charge in [0, 0.05) is 50.9 Å². The molecule has 1 aliphatic rings. The first kappa shape index (κ1) is 18.1. The van der Waals surface area contributed by atoms with Gasteiger partial charge in [0.05, 0.1) is 22.5 Å². The highest BCUT2D eigenvalue weighted by Gasteiger charge is 2.23. The number of fused-ring (bicyclic) bond motifs is 1. The van der Waals surface area contributed by atoms with Gasteiger partial charge in [-0.15, -0.1) is 0 Å². The summed E-state index contributed by atoms with van der Waals surface area (Å²) in [6.45, 7) is 3.52. The number of non-ortho nitro benzene ring substituents is 1. The lowest BCUT2D eigenvalue weighted by atomic mass is 10.1. The molecule has 1 saturated heterocycles. The maximum atomic E-state index is 12.6. The van der Waals surface area contributed by atoms with Crippen LogP contribution >= 0.6 is 0 Å². The third kappa shape index (κ3) is 3.46. The first-order valence-electron chi connectivity index (χ1n) is 9.19. The maximum absolute atomic E-state index is 12.6. The zero-order valence-electron chi connectivity index (χ0n) is 15.6. The number of amides is 1. The molecule has 3 aromatic rings. The standard InChI is InChI=1S/C20H21N5O3/c1-22-18-5-3-2-4-17(18)21-19(22)14-23-10-12-24(13-11-23)20(26)15-6-8-16(9-7-15)25(27)28/h2-9H,10-14H2,1H3. The van der Waals surface area contributed by atoms with E-state index in [1.807, 2.05) is 25.2 Å². The average Bonchev–Trinajstić information content (AvgIpc) is 3.04. The van der Waals surface area contributed by atoms with Crippen molar-refractivity contribution in [3.05, 3.63) is 70.0 Å². The summed E-state index contributed by atoms with van der Waals surface area (Å²) in [6, 6.07) is 13.9. The summed E-state index contributed by atoms with van der Waals surface area (Å²) in [7, 11) is 2.03. The Balaban J connectivity index is 1.38. The second kappa shape index (κ2) is 7.40. The molecule has 0 radical (unpaired) electrons. The van der Waals surface area contributed by atoms with Gasteiger partial charge >= 0.3 is 0 Å². The Labute approximate surface area is 162 Å². The van der Waals surface area contributed by atoms with E-state index in [-0.39, 0.29) is 11.6 Å². The van der Waals surface area contributed by atoms with Gasteiger partial charge in [0.2, 0.25) is 0 Å². The fraction of sp³-hybridized carbons (Fsp3) is 0.300. The molecule has 2 heterocycles. The molecular formula is C20H21N5O3. The van der Waals surface area contributed by atoms with Gasteiger partial charge in [0.25, 0.3) is 11.6 Å². The van der Waals surface area contributed by atoms with E-state index in [4.69, 9.17) is 4.98 Å². The molecule has 1 fully saturated rings. The van der Waals surface area contributed by atoms with Crippen LogP contribution in [-0.2, 0) is 13.6 Å². The van der Waals surface area contributed by atoms with Gasteiger partial charge in [-0.05, 0) is 24.3 Å². The zero-order chi connectivity index (χ0) is 19.7. The van der Waals surface area contributed by atoms with Gasteiger partial charge < -0.3 is 9.47 Å². The van der Waals surface area contributed by atoms with Crippen molar-refractivity contribution in [2.45, 2.75) is 6.54 Å². The molecule has 28 heavy (non-hydrogen) atoms. The molecule has 0 saturated carbocycles. The van der Waals surface area contributed by atoms with Crippen LogP contribution in [-0.4, -0.2) is 56.4 Å². The Morgan fingerprint density at radius 1 is 1.07 bits per heavy atom. The number of nitro benzene ring substituents is 1. The van der Waals surface area contributed by atoms with Crippen molar-refractivity contribution in [1.82, 2.24) is 19.4 Å². The number of nitro groups is 1. The molecule has 1 aliphatic heterocycles. The molecule has 0 aliphatic carbocycles. The maximum Gasteiger partial charge on any atom is 0.269 e. The number of hydrogen-bond acceptors (Lipinski definition) is 5. The van der Waals surface area contributed by atoms with Gasteiger partial charge in [0.15, 0.2) is 0 Å². The Hall–Kier alpha value is -3.26. The monoisotopic (exact) mass is 379 g/mol. The second-order valence-electron chi connectivity index (χ2n) is 6.95. The SMILES string of the molecule is Cn1c(CN2CCN(C(=O)c3ccc([N+](=O)[O-])cc3)CC2)nc2ccccc21. The number of nitrogens with zero attached hydrogens (tertiary/aromatic N) is 5. The van der Waals surface area contributed by atoms with Crippen molar-refractivity contribution in [3.8, 4) is 0 Å². The van der Waals surface area contributed by atoms with Gasteiger partial charge in [-0.25, -0.2) is 4.98 Å². The highest BCUT2D eigenvalue weighted by atomic mass is 16.6. The minimum absolute atomic E-state index is 0.0103. The molecule has 1 amide bonds. The molecule has 144 valence electrons. The molecule has 0 spiro atoms. The Morgan fingerprint density at radius 3 is 2.39 bits per heavy atom. The van der Waals surface area contributed by atoms with Crippen LogP contribution in [0, 0.1) is 10.1 Å². The van der Waals surface area contributed by atoms with Crippen molar-refractivity contribution in [2.24, 2.45) is 7.05 Å². The van der Waals surface area contributed by atoms with Gasteiger partial charge in [-0.1, -0.05) is 12.1 Å². The van der Waals surface area contributed by atoms with Crippen molar-refractivity contribution in [2.75, 3.05) is 26.2 Å². The summed E-state index contributed by atoms with van der Waals surface area (Å²) >= 11 is 0. The summed E-state index contributed by atoms with van der Waals surface area (Å²) in [4.78, 5) is 31.7. The van der Waals surface area contributed by atoms with Gasteiger partial charge in [0.1, 0.15) is 5.82 Å². The summed E-state index contributed by atoms with van der Waals surface area (Å²) < 4.78 is 2.11. The molecule has 8 nitrogen and oxygen atoms in total. The Kier molecular flexibility index (Phi) is 4.79. The molecule has 2 aromatic carbocycles. The van der Waals surface area contributed by atoms with Crippen LogP contribution in [0.4, 0.5) is 5.69 Å². The smallest absolute Gasteiger partial charge is 0.269 e. The highest BCUT2D eigenvalue weighted by molar-refractivity contribution is 5.94. The molecule has 8 heteroatoms. The van der Waals surface area contributed by atoms with E-state index in [0.717, 1.165) is 36.5 Å². The first-order chi connectivity index (χ1) is 13.5. The largest absolute Gasteiger partial charge is 0.336 e. The predicted octanol–water partition coefficient (Wildman–Crippen LogP) is 2.44. The lowest BCUT2D eigenvalue weighted by Gasteiger charge is -2.34. The van der Waals surface area contributed by atoms with Gasteiger partial charge in [-0.3, -0.25) is 19.8 Å². The molecule has 1 aromatic heterocycles. The number of aromatic nitrogens is 2. The van der Waals surface area contributed by atoms with Crippen molar-refractivity contribution < 1.29 is 9.72 Å². The lowest BCUT2D eigenvalue weighted by Crippen LogP contribution is -2.48. The number of carbonyl (C=O) groups excluding carboxylic acids is 1. The zero-order valence-corrected chi connectivity index (χ0v) is 15.6. The van der Waals surface area contributed by atoms with Crippen LogP contribution in [0.15, 0.2) is 48.5 Å². The third-order valence-electron chi connectivity index (χ3n) is 5.23. The molecule has 0 unspecified atom stereocenters. The van der Waals surface area contributed by atoms with E-state index >= 15 is 0 Å². The van der Waals surface area contributed by atoms with E-state index < -0.39 is 4.92 Å². The van der Waals surface area contributed by atoms with Crippen molar-refractivity contribution >= 4 is 22.6 Å². The van der Waals surface area contributed by atoms with E-state index in [9.17, 15) is 14.9 Å². The van der Waals surface area contributed by atoms with Gasteiger partial charge in [-0.2, -0.15) is 0 Å². The van der Waals surface area contributed by atoms with E-state index in [1.165, 1.54) is 24.3 Å². The quantitative estimate of drug-likeness (QED) is 0.513. The van der Waals surface area contributed by atoms with E-state index in [0.29, 0.717) is 18.7 Å². The number of hydrogen-bond donors (Lipinski definition) is 0. The highest BCUT2D eigenvalue weighted by Crippen LogP contribution is 2.18. The van der Waals surface area contributed by atoms with E-state index in [2.05, 4.69) is 15.5 Å². The number of piperazine rings is 1. The molecule has 4 rings (SSSR count). The summed E-state index contributed by atoms with van der Waals surface area (Å²) in [6.07, 6.45) is 0. The number of aryl methyl sites for hydroxylation is 1. The third-order valence-corrected chi connectivity index (χ3v) is 5.23. The van der Waals surface area contributed by atoms with Crippen LogP contribution in [0.5, 0.6) is 0 Å². The fourth-order valence-electron chi connectivity index (χ4n) is 3.55. The van der Waals surface area contributed by atoms with Crippen LogP contribution in [0.25, 0.3) is 11.0 Å². The number of imidazole rings is 1. The number of benzene rings is 2. The summed E-state index contributed by atoms with van der Waals surface area (Å²) in [5, 5.41) is 10.7. The Morgan fingerprint density at radius 2 is 1.75 bits per heavy atom. The van der Waals surface area contributed by atoms with Crippen molar-refractivity contribution in [3.63, 3.8) is 0 Å². The number of para-hydroxylation sites is 2. The van der Waals surface area contributed by atoms with Crippen LogP contribution in [0.2, 0.25) is 0 Å². The normalized spacial score (nSPS) is 15.1. The lowest BCUT2D eigenvalue weighted by molar-refractivity contribution is -0.384. The molecule has 0 N–H and O–H groups in total. The summed E-state index contributed by atoms with van der Waals surface area (Å²) in [5.41, 5.74) is 2.58. The molecular weight excluding hydrogens is 358 g/mol. The number of carbonyl (C=O) groups is 1. The van der Waals surface area contributed by atoms with Crippen LogP contribution < -0.4 is 0 Å². The predicted molar refractivity (Wildman–Crippen MR) is 105 cm³/mol. The number of rotatable bonds is 4. The van der Waals surface area contributed by atoms with Crippen LogP contribution in [0.1, 0.15) is 16.2 Å². The van der Waals surface area contributed by atoms with E-state index in [1.54, 1.807) is 4.90 Å². The molecule has 0 atom stereocenters. The second-order valence-corrected chi connectivity index (χ2v) is 6.95. The Bertz CT molecular complexity index is 1020. The fourth-order valence-corrected chi connectivity index (χ4v) is 3.55. The topological polar surface area (TPSA) is 84.5 Å². The van der Waals surface area contributed by atoms with Crippen LogP contribution in [0.3, 0.4) is 0 Å². The average molecular weight is 379 g/mol. The summed E-state index contributed by atoms with van der Waals surface area (Å²) in [5.74, 6) is 0.925. The first-order valence-corrected chi connectivity index (χ1v) is 9.19. The van der Waals surface area contributed by atoms with Crippen molar-refractivity contribution in [1.29, 1.82) is 0 Å².